The van der Waals surface area contributed by atoms with Gasteiger partial charge in [0, 0.05) is 25.5 Å². The lowest BCUT2D eigenvalue weighted by molar-refractivity contribution is -0.146. The zero-order valence-corrected chi connectivity index (χ0v) is 12.7. The van der Waals surface area contributed by atoms with E-state index in [0.29, 0.717) is 36.5 Å². The van der Waals surface area contributed by atoms with Crippen molar-refractivity contribution >= 4 is 17.5 Å². The second-order valence-electron chi connectivity index (χ2n) is 5.67. The second kappa shape index (κ2) is 5.51. The Kier molecular flexibility index (Phi) is 3.68. The van der Waals surface area contributed by atoms with Gasteiger partial charge in [0.05, 0.1) is 0 Å². The monoisotopic (exact) mass is 302 g/mol. The van der Waals surface area contributed by atoms with Gasteiger partial charge in [-0.05, 0) is 18.9 Å². The first-order valence-electron chi connectivity index (χ1n) is 7.60. The molecular formula is C16H18N2O4. The molecule has 116 valence electrons. The Morgan fingerprint density at radius 1 is 1.45 bits per heavy atom. The van der Waals surface area contributed by atoms with Gasteiger partial charge in [0.25, 0.3) is 0 Å². The summed E-state index contributed by atoms with van der Waals surface area (Å²) in [7, 11) is 0. The zero-order chi connectivity index (χ0) is 15.9. The van der Waals surface area contributed by atoms with Crippen molar-refractivity contribution in [1.82, 2.24) is 9.55 Å². The molecule has 1 unspecified atom stereocenters. The maximum absolute atomic E-state index is 12.6. The molecule has 0 aromatic carbocycles. The highest BCUT2D eigenvalue weighted by Crippen LogP contribution is 2.34. The molecule has 6 nitrogen and oxygen atoms in total. The van der Waals surface area contributed by atoms with Gasteiger partial charge in [-0.1, -0.05) is 13.3 Å². The summed E-state index contributed by atoms with van der Waals surface area (Å²) >= 11 is 0. The van der Waals surface area contributed by atoms with E-state index in [-0.39, 0.29) is 23.2 Å². The van der Waals surface area contributed by atoms with E-state index in [1.54, 1.807) is 4.57 Å². The number of aromatic nitrogens is 2. The zero-order valence-electron chi connectivity index (χ0n) is 12.7. The largest absolute Gasteiger partial charge is 0.454 e. The van der Waals surface area contributed by atoms with Crippen molar-refractivity contribution < 1.29 is 19.1 Å². The van der Waals surface area contributed by atoms with Crippen molar-refractivity contribution in [2.75, 3.05) is 0 Å². The third kappa shape index (κ3) is 2.28. The fourth-order valence-electron chi connectivity index (χ4n) is 3.03. The molecule has 3 rings (SSSR count). The Balaban J connectivity index is 1.97. The molecule has 2 heterocycles. The summed E-state index contributed by atoms with van der Waals surface area (Å²) in [4.78, 5) is 40.3. The number of fused-ring (bicyclic) bond motifs is 3. The molecule has 22 heavy (non-hydrogen) atoms. The van der Waals surface area contributed by atoms with Crippen LogP contribution in [0.1, 0.15) is 72.4 Å². The van der Waals surface area contributed by atoms with Gasteiger partial charge >= 0.3 is 5.97 Å². The number of hydrogen-bond donors (Lipinski definition) is 0. The van der Waals surface area contributed by atoms with E-state index in [1.807, 2.05) is 6.92 Å². The first-order chi connectivity index (χ1) is 10.5. The van der Waals surface area contributed by atoms with Crippen LogP contribution in [-0.4, -0.2) is 27.1 Å². The van der Waals surface area contributed by atoms with Crippen LogP contribution in [0.2, 0.25) is 0 Å². The molecule has 0 N–H and O–H groups in total. The van der Waals surface area contributed by atoms with Crippen LogP contribution in [0, 0.1) is 0 Å². The SMILES string of the molecule is CCCCC1=CC(=O)c2nc3n(c2C1=O)CCC3OC(C)=O. The molecule has 1 aromatic heterocycles. The van der Waals surface area contributed by atoms with E-state index in [2.05, 4.69) is 4.98 Å². The average molecular weight is 302 g/mol. The fraction of sp³-hybridized carbons (Fsp3) is 0.500. The van der Waals surface area contributed by atoms with E-state index in [4.69, 9.17) is 4.74 Å². The van der Waals surface area contributed by atoms with Crippen LogP contribution in [0.4, 0.5) is 0 Å². The highest BCUT2D eigenvalue weighted by molar-refractivity contribution is 6.23. The van der Waals surface area contributed by atoms with Crippen molar-refractivity contribution in [2.45, 2.75) is 52.2 Å². The molecule has 0 radical (unpaired) electrons. The number of unbranched alkanes of at least 4 members (excludes halogenated alkanes) is 1. The third-order valence-electron chi connectivity index (χ3n) is 4.05. The molecule has 1 aliphatic heterocycles. The molecule has 6 heteroatoms. The molecule has 0 saturated carbocycles. The molecule has 0 fully saturated rings. The van der Waals surface area contributed by atoms with Crippen molar-refractivity contribution in [1.29, 1.82) is 0 Å². The molecule has 1 aromatic rings. The van der Waals surface area contributed by atoms with Crippen LogP contribution in [0.15, 0.2) is 11.6 Å². The van der Waals surface area contributed by atoms with E-state index < -0.39 is 6.10 Å². The van der Waals surface area contributed by atoms with E-state index >= 15 is 0 Å². The lowest BCUT2D eigenvalue weighted by Gasteiger charge is -2.13. The highest BCUT2D eigenvalue weighted by atomic mass is 16.5. The summed E-state index contributed by atoms with van der Waals surface area (Å²) < 4.78 is 6.95. The Morgan fingerprint density at radius 2 is 2.23 bits per heavy atom. The Labute approximate surface area is 128 Å². The number of ether oxygens (including phenoxy) is 1. The lowest BCUT2D eigenvalue weighted by Crippen LogP contribution is -2.20. The average Bonchev–Trinajstić information content (AvgIpc) is 3.01. The van der Waals surface area contributed by atoms with Crippen molar-refractivity contribution in [2.24, 2.45) is 0 Å². The first kappa shape index (κ1) is 14.7. The molecule has 0 bridgehead atoms. The molecule has 2 aliphatic rings. The molecule has 1 aliphatic carbocycles. The van der Waals surface area contributed by atoms with Crippen molar-refractivity contribution in [3.8, 4) is 0 Å². The minimum absolute atomic E-state index is 0.120. The normalized spacial score (nSPS) is 19.7. The van der Waals surface area contributed by atoms with Gasteiger partial charge in [0.15, 0.2) is 11.9 Å². The number of hydrogen-bond acceptors (Lipinski definition) is 5. The third-order valence-corrected chi connectivity index (χ3v) is 4.05. The molecule has 0 amide bonds. The predicted octanol–water partition coefficient (Wildman–Crippen LogP) is 2.39. The Morgan fingerprint density at radius 3 is 2.91 bits per heavy atom. The number of rotatable bonds is 4. The first-order valence-corrected chi connectivity index (χ1v) is 7.60. The number of carbonyl (C=O) groups is 3. The minimum atomic E-state index is -0.470. The maximum atomic E-state index is 12.6. The molecule has 1 atom stereocenters. The molecular weight excluding hydrogens is 284 g/mol. The van der Waals surface area contributed by atoms with E-state index in [0.717, 1.165) is 12.8 Å². The van der Waals surface area contributed by atoms with Gasteiger partial charge in [-0.2, -0.15) is 0 Å². The summed E-state index contributed by atoms with van der Waals surface area (Å²) in [5, 5.41) is 0. The Bertz CT molecular complexity index is 699. The Hall–Kier alpha value is -2.24. The van der Waals surface area contributed by atoms with Gasteiger partial charge < -0.3 is 9.30 Å². The van der Waals surface area contributed by atoms with Crippen LogP contribution >= 0.6 is 0 Å². The smallest absolute Gasteiger partial charge is 0.303 e. The topological polar surface area (TPSA) is 78.3 Å². The molecule has 0 saturated heterocycles. The van der Waals surface area contributed by atoms with Gasteiger partial charge in [-0.25, -0.2) is 4.98 Å². The predicted molar refractivity (Wildman–Crippen MR) is 77.6 cm³/mol. The number of ketones is 2. The number of imidazole rings is 1. The number of carbonyl (C=O) groups excluding carboxylic acids is 3. The minimum Gasteiger partial charge on any atom is -0.454 e. The van der Waals surface area contributed by atoms with Gasteiger partial charge in [-0.3, -0.25) is 14.4 Å². The summed E-state index contributed by atoms with van der Waals surface area (Å²) in [5.41, 5.74) is 1.11. The number of nitrogens with zero attached hydrogens (tertiary/aromatic N) is 2. The van der Waals surface area contributed by atoms with Crippen LogP contribution in [-0.2, 0) is 16.1 Å². The second-order valence-corrected chi connectivity index (χ2v) is 5.67. The summed E-state index contributed by atoms with van der Waals surface area (Å²) in [6.45, 7) is 3.92. The van der Waals surface area contributed by atoms with Crippen LogP contribution in [0.3, 0.4) is 0 Å². The molecule has 0 spiro atoms. The summed E-state index contributed by atoms with van der Waals surface area (Å²) in [6, 6.07) is 0. The van der Waals surface area contributed by atoms with Crippen LogP contribution < -0.4 is 0 Å². The van der Waals surface area contributed by atoms with E-state index in [9.17, 15) is 14.4 Å². The maximum Gasteiger partial charge on any atom is 0.303 e. The van der Waals surface area contributed by atoms with Gasteiger partial charge in [0.1, 0.15) is 11.4 Å². The van der Waals surface area contributed by atoms with E-state index in [1.165, 1.54) is 13.0 Å². The number of Topliss-reactive ketones (excluding diaryl/α,β-unsaturated/α-hetero) is 1. The quantitative estimate of drug-likeness (QED) is 0.798. The van der Waals surface area contributed by atoms with Gasteiger partial charge in [0.2, 0.25) is 11.6 Å². The van der Waals surface area contributed by atoms with Gasteiger partial charge in [-0.15, -0.1) is 0 Å². The lowest BCUT2D eigenvalue weighted by atomic mass is 9.94. The highest BCUT2D eigenvalue weighted by Gasteiger charge is 2.38. The summed E-state index contributed by atoms with van der Waals surface area (Å²) in [5.74, 6) is -0.236. The van der Waals surface area contributed by atoms with Crippen LogP contribution in [0.25, 0.3) is 0 Å². The fourth-order valence-corrected chi connectivity index (χ4v) is 3.03. The summed E-state index contributed by atoms with van der Waals surface area (Å²) in [6.07, 6.45) is 3.97. The van der Waals surface area contributed by atoms with Crippen molar-refractivity contribution in [3.05, 3.63) is 28.9 Å². The van der Waals surface area contributed by atoms with Crippen molar-refractivity contribution in [3.63, 3.8) is 0 Å². The van der Waals surface area contributed by atoms with Crippen LogP contribution in [0.5, 0.6) is 0 Å². The number of allylic oxidation sites excluding steroid dienone is 2. The standard InChI is InChI=1S/C16H18N2O4/c1-3-4-5-10-8-11(20)13-14(15(10)21)18-7-6-12(16(18)17-13)22-9(2)19/h8,12H,3-7H2,1-2H3. The number of esters is 1.